The topological polar surface area (TPSA) is 93.8 Å². The van der Waals surface area contributed by atoms with Gasteiger partial charge in [0.25, 0.3) is 11.6 Å². The van der Waals surface area contributed by atoms with Crippen LogP contribution in [0.2, 0.25) is 5.02 Å². The van der Waals surface area contributed by atoms with Crippen LogP contribution in [-0.2, 0) is 4.79 Å². The molecule has 0 saturated carbocycles. The van der Waals surface area contributed by atoms with Gasteiger partial charge < -0.3 is 4.74 Å². The number of ether oxygens (including phenoxy) is 1. The maximum Gasteiger partial charge on any atom is 0.280 e. The molecule has 2 aromatic rings. The van der Waals surface area contributed by atoms with Crippen LogP contribution in [0, 0.1) is 17.0 Å². The van der Waals surface area contributed by atoms with Crippen LogP contribution in [0.25, 0.3) is 0 Å². The number of nitrogens with zero attached hydrogens (tertiary/aromatic N) is 2. The average Bonchev–Trinajstić information content (AvgIpc) is 2.61. The number of amides is 1. The Bertz CT molecular complexity index is 850. The molecule has 0 aliphatic rings. The molecule has 1 N–H and O–H groups in total. The number of nitro groups is 1. The van der Waals surface area contributed by atoms with Crippen molar-refractivity contribution in [2.75, 3.05) is 0 Å². The van der Waals surface area contributed by atoms with Gasteiger partial charge in [0.2, 0.25) is 0 Å². The van der Waals surface area contributed by atoms with Crippen LogP contribution in [0.15, 0.2) is 47.6 Å². The van der Waals surface area contributed by atoms with E-state index in [2.05, 4.69) is 10.5 Å². The monoisotopic (exact) mass is 375 g/mol. The molecule has 2 rings (SSSR count). The van der Waals surface area contributed by atoms with Gasteiger partial charge in [0.15, 0.2) is 6.10 Å². The molecule has 0 bridgehead atoms. The smallest absolute Gasteiger partial charge is 0.280 e. The molecule has 2 aromatic carbocycles. The van der Waals surface area contributed by atoms with Crippen LogP contribution < -0.4 is 10.2 Å². The van der Waals surface area contributed by atoms with Crippen molar-refractivity contribution >= 4 is 28.9 Å². The van der Waals surface area contributed by atoms with Crippen molar-refractivity contribution < 1.29 is 14.5 Å². The van der Waals surface area contributed by atoms with E-state index < -0.39 is 16.9 Å². The fourth-order valence-electron chi connectivity index (χ4n) is 2.11. The normalized spacial score (nSPS) is 12.4. The lowest BCUT2D eigenvalue weighted by atomic mass is 10.1. The lowest BCUT2D eigenvalue weighted by Crippen LogP contribution is -2.34. The molecular weight excluding hydrogens is 358 g/mol. The van der Waals surface area contributed by atoms with Gasteiger partial charge in [0, 0.05) is 17.2 Å². The summed E-state index contributed by atoms with van der Waals surface area (Å²) in [6, 6.07) is 11.0. The fourth-order valence-corrected chi connectivity index (χ4v) is 2.33. The molecule has 1 unspecified atom stereocenters. The van der Waals surface area contributed by atoms with Gasteiger partial charge in [0.05, 0.1) is 10.6 Å². The minimum atomic E-state index is -0.761. The predicted octanol–water partition coefficient (Wildman–Crippen LogP) is 3.86. The molecule has 0 saturated heterocycles. The van der Waals surface area contributed by atoms with E-state index in [0.29, 0.717) is 22.0 Å². The number of non-ortho nitro benzene ring substituents is 1. The summed E-state index contributed by atoms with van der Waals surface area (Å²) < 4.78 is 5.63. The van der Waals surface area contributed by atoms with Gasteiger partial charge in [-0.25, -0.2) is 5.43 Å². The van der Waals surface area contributed by atoms with Crippen molar-refractivity contribution in [2.45, 2.75) is 26.9 Å². The molecule has 1 atom stereocenters. The summed E-state index contributed by atoms with van der Waals surface area (Å²) in [4.78, 5) is 22.3. The predicted molar refractivity (Wildman–Crippen MR) is 99.7 cm³/mol. The summed E-state index contributed by atoms with van der Waals surface area (Å²) in [6.07, 6.45) is -0.761. The van der Waals surface area contributed by atoms with Crippen LogP contribution in [0.1, 0.15) is 25.0 Å². The zero-order chi connectivity index (χ0) is 19.3. The number of hydrogen-bond acceptors (Lipinski definition) is 5. The Labute approximate surface area is 155 Å². The zero-order valence-electron chi connectivity index (χ0n) is 14.5. The summed E-state index contributed by atoms with van der Waals surface area (Å²) in [5, 5.41) is 15.3. The average molecular weight is 376 g/mol. The van der Waals surface area contributed by atoms with Gasteiger partial charge in [-0.1, -0.05) is 11.6 Å². The summed E-state index contributed by atoms with van der Waals surface area (Å²) in [7, 11) is 0. The number of hydrogen-bond donors (Lipinski definition) is 1. The molecule has 26 heavy (non-hydrogen) atoms. The Hall–Kier alpha value is -2.93. The van der Waals surface area contributed by atoms with Crippen molar-refractivity contribution in [1.82, 2.24) is 5.43 Å². The Balaban J connectivity index is 1.99. The van der Waals surface area contributed by atoms with Crippen LogP contribution in [-0.4, -0.2) is 22.6 Å². The first-order chi connectivity index (χ1) is 12.3. The molecule has 0 aliphatic carbocycles. The SMILES string of the molecule is CC(=NNC(=O)C(C)Oc1ccc(Cl)cc1C)c1ccc([N+](=O)[O-])cc1. The largest absolute Gasteiger partial charge is 0.481 e. The van der Waals surface area contributed by atoms with Crippen LogP contribution in [0.3, 0.4) is 0 Å². The third-order valence-electron chi connectivity index (χ3n) is 3.64. The number of nitro benzene ring substituents is 1. The molecule has 1 amide bonds. The molecule has 0 aliphatic heterocycles. The molecule has 0 fully saturated rings. The number of nitrogens with one attached hydrogen (secondary N) is 1. The minimum Gasteiger partial charge on any atom is -0.481 e. The van der Waals surface area contributed by atoms with E-state index in [9.17, 15) is 14.9 Å². The lowest BCUT2D eigenvalue weighted by molar-refractivity contribution is -0.384. The van der Waals surface area contributed by atoms with Crippen LogP contribution in [0.4, 0.5) is 5.69 Å². The van der Waals surface area contributed by atoms with Gasteiger partial charge >= 0.3 is 0 Å². The highest BCUT2D eigenvalue weighted by Gasteiger charge is 2.15. The highest BCUT2D eigenvalue weighted by atomic mass is 35.5. The maximum atomic E-state index is 12.1. The molecule has 0 spiro atoms. The number of rotatable bonds is 6. The standard InChI is InChI=1S/C18H18ClN3O4/c1-11-10-15(19)6-9-17(11)26-13(3)18(23)21-20-12(2)14-4-7-16(8-5-14)22(24)25/h4-10,13H,1-3H3,(H,21,23). The molecule has 7 nitrogen and oxygen atoms in total. The number of halogens is 1. The minimum absolute atomic E-state index is 0.00839. The van der Waals surface area contributed by atoms with E-state index in [4.69, 9.17) is 16.3 Å². The van der Waals surface area contributed by atoms with Crippen LogP contribution >= 0.6 is 11.6 Å². The van der Waals surface area contributed by atoms with Gasteiger partial charge in [-0.2, -0.15) is 5.10 Å². The van der Waals surface area contributed by atoms with Gasteiger partial charge in [-0.05, 0) is 62.2 Å². The van der Waals surface area contributed by atoms with E-state index in [-0.39, 0.29) is 5.69 Å². The first-order valence-corrected chi connectivity index (χ1v) is 8.17. The number of aryl methyl sites for hydroxylation is 1. The number of hydrazone groups is 1. The molecule has 136 valence electrons. The van der Waals surface area contributed by atoms with E-state index in [0.717, 1.165) is 5.56 Å². The zero-order valence-corrected chi connectivity index (χ0v) is 15.3. The summed E-state index contributed by atoms with van der Waals surface area (Å²) in [6.45, 7) is 5.14. The first kappa shape index (κ1) is 19.4. The van der Waals surface area contributed by atoms with Crippen molar-refractivity contribution in [3.05, 3.63) is 68.7 Å². The third kappa shape index (κ3) is 5.03. The Morgan fingerprint density at radius 1 is 1.27 bits per heavy atom. The van der Waals surface area contributed by atoms with E-state index in [1.165, 1.54) is 12.1 Å². The summed E-state index contributed by atoms with van der Waals surface area (Å²) >= 11 is 5.90. The quantitative estimate of drug-likeness (QED) is 0.471. The second-order valence-electron chi connectivity index (χ2n) is 5.65. The Kier molecular flexibility index (Phi) is 6.30. The maximum absolute atomic E-state index is 12.1. The first-order valence-electron chi connectivity index (χ1n) is 7.79. The van der Waals surface area contributed by atoms with E-state index >= 15 is 0 Å². The van der Waals surface area contributed by atoms with Crippen molar-refractivity contribution in [2.24, 2.45) is 5.10 Å². The fraction of sp³-hybridized carbons (Fsp3) is 0.222. The number of benzene rings is 2. The van der Waals surface area contributed by atoms with Crippen molar-refractivity contribution in [3.63, 3.8) is 0 Å². The molecular formula is C18H18ClN3O4. The summed E-state index contributed by atoms with van der Waals surface area (Å²) in [5.41, 5.74) is 4.43. The Morgan fingerprint density at radius 3 is 2.50 bits per heavy atom. The van der Waals surface area contributed by atoms with Gasteiger partial charge in [-0.15, -0.1) is 0 Å². The molecule has 0 radical (unpaired) electrons. The van der Waals surface area contributed by atoms with E-state index in [1.54, 1.807) is 44.2 Å². The van der Waals surface area contributed by atoms with Gasteiger partial charge in [0.1, 0.15) is 5.75 Å². The molecule has 8 heteroatoms. The Morgan fingerprint density at radius 2 is 1.92 bits per heavy atom. The van der Waals surface area contributed by atoms with Gasteiger partial charge in [-0.3, -0.25) is 14.9 Å². The van der Waals surface area contributed by atoms with E-state index in [1.807, 2.05) is 6.92 Å². The van der Waals surface area contributed by atoms with Crippen molar-refractivity contribution in [1.29, 1.82) is 0 Å². The second kappa shape index (κ2) is 8.44. The number of carbonyl (C=O) groups excluding carboxylic acids is 1. The summed E-state index contributed by atoms with van der Waals surface area (Å²) in [5.74, 6) is 0.147. The lowest BCUT2D eigenvalue weighted by Gasteiger charge is -2.15. The second-order valence-corrected chi connectivity index (χ2v) is 6.08. The van der Waals surface area contributed by atoms with Crippen LogP contribution in [0.5, 0.6) is 5.75 Å². The van der Waals surface area contributed by atoms with Crippen molar-refractivity contribution in [3.8, 4) is 5.75 Å². The highest BCUT2D eigenvalue weighted by Crippen LogP contribution is 2.22. The molecule has 0 aromatic heterocycles. The molecule has 0 heterocycles. The highest BCUT2D eigenvalue weighted by molar-refractivity contribution is 6.30. The number of carbonyl (C=O) groups is 1. The third-order valence-corrected chi connectivity index (χ3v) is 3.87.